The van der Waals surface area contributed by atoms with Gasteiger partial charge in [-0.05, 0) is 124 Å². The van der Waals surface area contributed by atoms with Crippen LogP contribution >= 0.6 is 0 Å². The summed E-state index contributed by atoms with van der Waals surface area (Å²) in [6, 6.07) is 43.6. The van der Waals surface area contributed by atoms with Crippen molar-refractivity contribution in [3.05, 3.63) is 215 Å². The molecule has 8 aromatic rings. The summed E-state index contributed by atoms with van der Waals surface area (Å²) >= 11 is 0. The van der Waals surface area contributed by atoms with E-state index in [2.05, 4.69) is 35.9 Å². The van der Waals surface area contributed by atoms with Gasteiger partial charge in [-0.1, -0.05) is 121 Å². The Kier molecular flexibility index (Phi) is 31.2. The second kappa shape index (κ2) is 41.6. The average Bonchev–Trinajstić information content (AvgIpc) is 0.821. The Balaban J connectivity index is 0.000000182. The van der Waals surface area contributed by atoms with Crippen LogP contribution in [0.1, 0.15) is 165 Å². The second-order valence-electron chi connectivity index (χ2n) is 26.0. The van der Waals surface area contributed by atoms with Gasteiger partial charge in [-0.25, -0.2) is 24.7 Å². The summed E-state index contributed by atoms with van der Waals surface area (Å²) in [7, 11) is 5.48. The van der Waals surface area contributed by atoms with E-state index >= 15 is 0 Å². The molecule has 11 amide bonds. The summed E-state index contributed by atoms with van der Waals surface area (Å²) in [4.78, 5) is 166. The third-order valence-electron chi connectivity index (χ3n) is 18.6. The van der Waals surface area contributed by atoms with Gasteiger partial charge in [0.15, 0.2) is 0 Å². The minimum Gasteiger partial charge on any atom is -0.480 e. The van der Waals surface area contributed by atoms with Crippen LogP contribution in [0.3, 0.4) is 0 Å². The number of carbonyl (C=O) groups excluding carboxylic acids is 11. The van der Waals surface area contributed by atoms with Gasteiger partial charge in [-0.15, -0.1) is 0 Å². The van der Waals surface area contributed by atoms with Crippen molar-refractivity contribution in [3.8, 4) is 23.5 Å². The minimum absolute atomic E-state index is 0.0212. The van der Waals surface area contributed by atoms with Crippen molar-refractivity contribution in [3.63, 3.8) is 0 Å². The van der Waals surface area contributed by atoms with Crippen molar-refractivity contribution < 1.29 is 81.6 Å². The first-order chi connectivity index (χ1) is 54.4. The Morgan fingerprint density at radius 2 is 0.575 bits per heavy atom. The molecule has 33 nitrogen and oxygen atoms in total. The SMILES string of the molecule is COc1ncc(N)cc1C(N)=O.COc1ncc(NC(=O)C(=O)N2CCCCC2c2ccccc2)cc1C(N)=O.COc1ncc(NC(=O)C(=O)N2CCCC[C@@H]2c2ccccc2)cc1C(N)=O.COc1ncc(NC(=O)C(=O)N2CCCC[C@H]2c2ccccc2)cc1C(N)=O.O=C(O)C(=O)N1CCCCC1c1ccccc1. The van der Waals surface area contributed by atoms with Crippen molar-refractivity contribution in [2.45, 2.75) is 101 Å². The molecule has 12 rings (SSSR count). The summed E-state index contributed by atoms with van der Waals surface area (Å²) in [5.41, 5.74) is 31.6. The first kappa shape index (κ1) is 84.7. The molecule has 33 heteroatoms. The number of nitrogens with zero attached hydrogens (tertiary/aromatic N) is 8. The lowest BCUT2D eigenvalue weighted by Crippen LogP contribution is -2.44. The summed E-state index contributed by atoms with van der Waals surface area (Å²) < 4.78 is 19.7. The Hall–Kier alpha value is -13.9. The van der Waals surface area contributed by atoms with Gasteiger partial charge in [0, 0.05) is 26.2 Å². The number of piperidine rings is 4. The molecule has 113 heavy (non-hydrogen) atoms. The lowest BCUT2D eigenvalue weighted by molar-refractivity contribution is -0.158. The molecule has 4 atom stereocenters. The van der Waals surface area contributed by atoms with E-state index in [1.54, 1.807) is 14.7 Å². The Morgan fingerprint density at radius 1 is 0.345 bits per heavy atom. The number of carboxylic acid groups (broad SMARTS) is 1. The number of rotatable bonds is 15. The van der Waals surface area contributed by atoms with Crippen LogP contribution in [0.4, 0.5) is 22.7 Å². The molecule has 0 bridgehead atoms. The highest BCUT2D eigenvalue weighted by Gasteiger charge is 2.36. The number of methoxy groups -OCH3 is 4. The monoisotopic (exact) mass is 1550 g/mol. The number of aliphatic carboxylic acids is 1. The number of hydrogen-bond acceptors (Lipinski definition) is 21. The van der Waals surface area contributed by atoms with E-state index in [-0.39, 0.29) is 87.0 Å². The summed E-state index contributed by atoms with van der Waals surface area (Å²) in [6.07, 6.45) is 16.0. The van der Waals surface area contributed by atoms with Crippen molar-refractivity contribution >= 4 is 93.7 Å². The third-order valence-corrected chi connectivity index (χ3v) is 18.6. The van der Waals surface area contributed by atoms with Gasteiger partial charge in [-0.3, -0.25) is 52.7 Å². The van der Waals surface area contributed by atoms with E-state index < -0.39 is 70.9 Å². The second-order valence-corrected chi connectivity index (χ2v) is 26.0. The quantitative estimate of drug-likeness (QED) is 0.0456. The van der Waals surface area contributed by atoms with Crippen LogP contribution in [-0.4, -0.2) is 170 Å². The normalized spacial score (nSPS) is 16.1. The molecule has 2 unspecified atom stereocenters. The smallest absolute Gasteiger partial charge is 0.394 e. The third kappa shape index (κ3) is 23.1. The molecule has 4 saturated heterocycles. The number of benzene rings is 4. The molecular formula is C80H90N16O17. The van der Waals surface area contributed by atoms with Gasteiger partial charge < -0.3 is 88.3 Å². The largest absolute Gasteiger partial charge is 0.480 e. The fourth-order valence-electron chi connectivity index (χ4n) is 13.2. The van der Waals surface area contributed by atoms with Gasteiger partial charge in [0.05, 0.1) is 100 Å². The van der Waals surface area contributed by atoms with E-state index in [0.29, 0.717) is 31.9 Å². The van der Waals surface area contributed by atoms with Crippen molar-refractivity contribution in [2.24, 2.45) is 22.9 Å². The van der Waals surface area contributed by atoms with Crippen molar-refractivity contribution in [2.75, 3.05) is 76.3 Å². The molecule has 4 aliphatic rings. The zero-order valence-electron chi connectivity index (χ0n) is 62.7. The van der Waals surface area contributed by atoms with Crippen LogP contribution in [0.25, 0.3) is 0 Å². The number of aromatic nitrogens is 4. The highest BCUT2D eigenvalue weighted by atomic mass is 16.5. The number of carboxylic acids is 1. The van der Waals surface area contributed by atoms with Crippen molar-refractivity contribution in [1.82, 2.24) is 39.5 Å². The van der Waals surface area contributed by atoms with Crippen LogP contribution in [0.2, 0.25) is 0 Å². The zero-order valence-corrected chi connectivity index (χ0v) is 62.7. The molecule has 4 fully saturated rings. The Labute approximate surface area is 650 Å². The minimum atomic E-state index is -1.37. The maximum Gasteiger partial charge on any atom is 0.394 e. The van der Waals surface area contributed by atoms with Crippen LogP contribution in [-0.2, 0) is 38.4 Å². The molecule has 0 spiro atoms. The van der Waals surface area contributed by atoms with Gasteiger partial charge in [0.25, 0.3) is 23.6 Å². The molecule has 4 aromatic heterocycles. The summed E-state index contributed by atoms with van der Waals surface area (Å²) in [5.74, 6) is -8.87. The number of likely N-dealkylation sites (tertiary alicyclic amines) is 4. The predicted molar refractivity (Wildman–Crippen MR) is 414 cm³/mol. The number of pyridine rings is 4. The predicted octanol–water partition coefficient (Wildman–Crippen LogP) is 7.24. The highest BCUT2D eigenvalue weighted by Crippen LogP contribution is 2.36. The Bertz CT molecular complexity index is 4350. The molecular weight excluding hydrogens is 1460 g/mol. The van der Waals surface area contributed by atoms with Crippen LogP contribution < -0.4 is 63.6 Å². The molecule has 14 N–H and O–H groups in total. The van der Waals surface area contributed by atoms with E-state index in [4.69, 9.17) is 52.7 Å². The number of nitrogen functional groups attached to an aromatic ring is 1. The molecule has 0 aliphatic carbocycles. The fraction of sp³-hybridized carbons (Fsp3) is 0.300. The molecule has 0 saturated carbocycles. The van der Waals surface area contributed by atoms with Gasteiger partial charge >= 0.3 is 47.3 Å². The lowest BCUT2D eigenvalue weighted by atomic mass is 9.95. The van der Waals surface area contributed by atoms with E-state index in [1.165, 1.54) is 82.4 Å². The Morgan fingerprint density at radius 3 is 0.805 bits per heavy atom. The molecule has 0 radical (unpaired) electrons. The number of amides is 11. The molecule has 592 valence electrons. The standard InChI is InChI=1S/3C20H22N4O4.C13H15NO3.C7H9N3O2/c3*1-28-19-15(17(21)25)11-14(12-22-19)23-18(26)20(27)24-10-6-5-9-16(24)13-7-3-2-4-8-13;15-12(13(16)17)14-9-5-4-8-11(14)10-6-2-1-3-7-10;1-12-7-5(6(9)11)2-4(8)3-10-7/h3*2-4,7-8,11-12,16H,5-6,9-10H2,1H3,(H2,21,25)(H,23,26);1-3,6-7,11H,4-5,8-9H2,(H,16,17);2-3H,8H2,1H3,(H2,9,11)/t2*16-;;;/m10.../s1. The zero-order chi connectivity index (χ0) is 81.7. The number of nitrogens with two attached hydrogens (primary N) is 5. The van der Waals surface area contributed by atoms with Crippen LogP contribution in [0.15, 0.2) is 170 Å². The van der Waals surface area contributed by atoms with E-state index in [0.717, 1.165) is 99.3 Å². The van der Waals surface area contributed by atoms with Crippen molar-refractivity contribution in [1.29, 1.82) is 0 Å². The molecule has 4 aliphatic heterocycles. The fourth-order valence-corrected chi connectivity index (χ4v) is 13.2. The van der Waals surface area contributed by atoms with E-state index in [9.17, 15) is 57.5 Å². The van der Waals surface area contributed by atoms with Crippen LogP contribution in [0.5, 0.6) is 23.5 Å². The van der Waals surface area contributed by atoms with Gasteiger partial charge in [-0.2, -0.15) is 0 Å². The number of nitrogens with one attached hydrogen (secondary N) is 3. The summed E-state index contributed by atoms with van der Waals surface area (Å²) in [5, 5.41) is 16.3. The number of hydrogen-bond donors (Lipinski definition) is 9. The molecule has 4 aromatic carbocycles. The maximum atomic E-state index is 12.8. The summed E-state index contributed by atoms with van der Waals surface area (Å²) in [6.45, 7) is 2.07. The first-order valence-electron chi connectivity index (χ1n) is 36.1. The first-order valence-corrected chi connectivity index (χ1v) is 36.1. The maximum absolute atomic E-state index is 12.8. The highest BCUT2D eigenvalue weighted by molar-refractivity contribution is 6.41. The molecule has 8 heterocycles. The number of carbonyl (C=O) groups is 12. The van der Waals surface area contributed by atoms with E-state index in [1.807, 2.05) is 121 Å². The van der Waals surface area contributed by atoms with Gasteiger partial charge in [0.1, 0.15) is 22.3 Å². The lowest BCUT2D eigenvalue weighted by Gasteiger charge is -2.35. The number of ether oxygens (including phenoxy) is 4. The number of primary amides is 4. The topological polar surface area (TPSA) is 493 Å². The van der Waals surface area contributed by atoms with Crippen LogP contribution in [0, 0.1) is 0 Å². The van der Waals surface area contributed by atoms with Gasteiger partial charge in [0.2, 0.25) is 23.5 Å². The average molecular weight is 1550 g/mol. The number of anilines is 4.